The van der Waals surface area contributed by atoms with Crippen LogP contribution in [0.1, 0.15) is 0 Å². The van der Waals surface area contributed by atoms with Crippen molar-refractivity contribution in [2.24, 2.45) is 0 Å². The molecular formula is C40H36O4P2. The first-order valence-corrected chi connectivity index (χ1v) is 17.7. The highest BCUT2D eigenvalue weighted by Crippen LogP contribution is 2.45. The first-order chi connectivity index (χ1) is 22.7. The van der Waals surface area contributed by atoms with E-state index in [0.717, 1.165) is 44.2 Å². The quantitative estimate of drug-likeness (QED) is 0.144. The molecule has 0 unspecified atom stereocenters. The Bertz CT molecular complexity index is 1700. The fourth-order valence-corrected chi connectivity index (χ4v) is 11.2. The van der Waals surface area contributed by atoms with Crippen LogP contribution in [0.25, 0.3) is 11.1 Å². The fourth-order valence-electron chi connectivity index (χ4n) is 5.83. The molecule has 0 fully saturated rings. The van der Waals surface area contributed by atoms with Crippen molar-refractivity contribution in [2.45, 2.75) is 0 Å². The molecule has 6 heteroatoms. The van der Waals surface area contributed by atoms with Gasteiger partial charge in [-0.15, -0.1) is 0 Å². The first-order valence-electron chi connectivity index (χ1n) is 15.0. The van der Waals surface area contributed by atoms with E-state index >= 15 is 0 Å². The van der Waals surface area contributed by atoms with Crippen molar-refractivity contribution in [1.82, 2.24) is 0 Å². The molecule has 0 aliphatic heterocycles. The second-order valence-electron chi connectivity index (χ2n) is 10.4. The molecule has 0 N–H and O–H groups in total. The highest BCUT2D eigenvalue weighted by Gasteiger charge is 2.29. The fraction of sp³-hybridized carbons (Fsp3) is 0.100. The van der Waals surface area contributed by atoms with E-state index in [1.54, 1.807) is 28.4 Å². The molecule has 46 heavy (non-hydrogen) atoms. The van der Waals surface area contributed by atoms with Gasteiger partial charge in [0.05, 0.1) is 28.4 Å². The number of para-hydroxylation sites is 4. The van der Waals surface area contributed by atoms with E-state index in [-0.39, 0.29) is 0 Å². The summed E-state index contributed by atoms with van der Waals surface area (Å²) in [6.07, 6.45) is 0. The monoisotopic (exact) mass is 642 g/mol. The standard InChI is InChI=1S/C40H36O4P2/c1-41-31-19-7-13-25-37(31)45(38-26-14-8-20-32(38)42-2)35-23-11-5-17-29(35)30-18-6-12-24-36(30)46(39-27-15-9-21-33(39)43-3)40-28-16-10-22-34(40)44-4/h5-28H,1-4H3. The van der Waals surface area contributed by atoms with Crippen LogP contribution in [0, 0.1) is 0 Å². The zero-order valence-corrected chi connectivity index (χ0v) is 28.2. The largest absolute Gasteiger partial charge is 0.496 e. The van der Waals surface area contributed by atoms with Gasteiger partial charge in [0, 0.05) is 21.2 Å². The maximum absolute atomic E-state index is 5.97. The molecule has 0 heterocycles. The van der Waals surface area contributed by atoms with E-state index in [1.807, 2.05) is 48.5 Å². The molecule has 0 aliphatic rings. The van der Waals surface area contributed by atoms with E-state index in [2.05, 4.69) is 97.1 Å². The van der Waals surface area contributed by atoms with Gasteiger partial charge in [-0.05, 0) is 61.8 Å². The third kappa shape index (κ3) is 6.12. The maximum Gasteiger partial charge on any atom is 0.127 e. The Morgan fingerprint density at radius 1 is 0.283 bits per heavy atom. The minimum absolute atomic E-state index is 0.855. The van der Waals surface area contributed by atoms with Gasteiger partial charge < -0.3 is 18.9 Å². The molecule has 0 saturated heterocycles. The summed E-state index contributed by atoms with van der Waals surface area (Å²) >= 11 is 0. The number of benzene rings is 6. The van der Waals surface area contributed by atoms with Gasteiger partial charge >= 0.3 is 0 Å². The summed E-state index contributed by atoms with van der Waals surface area (Å²) in [6, 6.07) is 50.8. The van der Waals surface area contributed by atoms with E-state index in [0.29, 0.717) is 0 Å². The number of rotatable bonds is 11. The van der Waals surface area contributed by atoms with E-state index < -0.39 is 15.8 Å². The van der Waals surface area contributed by atoms with Crippen LogP contribution < -0.4 is 50.8 Å². The van der Waals surface area contributed by atoms with Gasteiger partial charge in [0.2, 0.25) is 0 Å². The van der Waals surface area contributed by atoms with Crippen molar-refractivity contribution in [2.75, 3.05) is 28.4 Å². The van der Waals surface area contributed by atoms with Gasteiger partial charge in [-0.2, -0.15) is 0 Å². The Morgan fingerprint density at radius 2 is 0.500 bits per heavy atom. The second kappa shape index (κ2) is 14.6. The lowest BCUT2D eigenvalue weighted by molar-refractivity contribution is 0.417. The molecule has 230 valence electrons. The Labute approximate surface area is 274 Å². The summed E-state index contributed by atoms with van der Waals surface area (Å²) < 4.78 is 23.9. The van der Waals surface area contributed by atoms with Crippen LogP contribution in [-0.4, -0.2) is 28.4 Å². The molecule has 0 bridgehead atoms. The predicted octanol–water partition coefficient (Wildman–Crippen LogP) is 6.90. The van der Waals surface area contributed by atoms with Gasteiger partial charge in [-0.1, -0.05) is 121 Å². The van der Waals surface area contributed by atoms with Gasteiger partial charge in [0.15, 0.2) is 0 Å². The van der Waals surface area contributed by atoms with Crippen molar-refractivity contribution in [3.8, 4) is 34.1 Å². The van der Waals surface area contributed by atoms with Crippen molar-refractivity contribution >= 4 is 47.7 Å². The number of hydrogen-bond acceptors (Lipinski definition) is 4. The zero-order chi connectivity index (χ0) is 31.9. The molecule has 0 amide bonds. The van der Waals surface area contributed by atoms with Crippen LogP contribution in [-0.2, 0) is 0 Å². The first kappa shape index (κ1) is 31.4. The Balaban J connectivity index is 1.65. The normalized spacial score (nSPS) is 11.0. The average Bonchev–Trinajstić information content (AvgIpc) is 3.13. The maximum atomic E-state index is 5.97. The van der Waals surface area contributed by atoms with Gasteiger partial charge in [0.1, 0.15) is 23.0 Å². The Hall–Kier alpha value is -4.62. The van der Waals surface area contributed by atoms with Crippen LogP contribution in [0.2, 0.25) is 0 Å². The smallest absolute Gasteiger partial charge is 0.127 e. The molecule has 6 rings (SSSR count). The summed E-state index contributed by atoms with van der Waals surface area (Å²) in [5, 5.41) is 6.96. The molecule has 0 aromatic heterocycles. The van der Waals surface area contributed by atoms with Crippen molar-refractivity contribution in [1.29, 1.82) is 0 Å². The van der Waals surface area contributed by atoms with E-state index in [1.165, 1.54) is 21.7 Å². The lowest BCUT2D eigenvalue weighted by atomic mass is 10.1. The van der Waals surface area contributed by atoms with Gasteiger partial charge in [0.25, 0.3) is 0 Å². The summed E-state index contributed by atoms with van der Waals surface area (Å²) in [6.45, 7) is 0. The molecule has 6 aromatic rings. The Morgan fingerprint density at radius 3 is 0.761 bits per heavy atom. The van der Waals surface area contributed by atoms with E-state index in [9.17, 15) is 0 Å². The number of ether oxygens (including phenoxy) is 4. The molecule has 0 saturated carbocycles. The third-order valence-electron chi connectivity index (χ3n) is 7.88. The van der Waals surface area contributed by atoms with Crippen molar-refractivity contribution in [3.63, 3.8) is 0 Å². The van der Waals surface area contributed by atoms with Gasteiger partial charge in [-0.25, -0.2) is 0 Å². The highest BCUT2D eigenvalue weighted by molar-refractivity contribution is 7.81. The van der Waals surface area contributed by atoms with Crippen molar-refractivity contribution in [3.05, 3.63) is 146 Å². The molecule has 0 spiro atoms. The molecule has 0 aliphatic carbocycles. The van der Waals surface area contributed by atoms with Crippen molar-refractivity contribution < 1.29 is 18.9 Å². The lowest BCUT2D eigenvalue weighted by Gasteiger charge is -2.28. The number of methoxy groups -OCH3 is 4. The summed E-state index contributed by atoms with van der Waals surface area (Å²) in [4.78, 5) is 0. The topological polar surface area (TPSA) is 36.9 Å². The van der Waals surface area contributed by atoms with Crippen LogP contribution in [0.3, 0.4) is 0 Å². The average molecular weight is 643 g/mol. The molecule has 0 atom stereocenters. The second-order valence-corrected chi connectivity index (χ2v) is 14.6. The third-order valence-corrected chi connectivity index (χ3v) is 13.0. The predicted molar refractivity (Wildman–Crippen MR) is 195 cm³/mol. The SMILES string of the molecule is COc1ccccc1P(c1ccccc1OC)c1ccccc1-c1ccccc1P(c1ccccc1OC)c1ccccc1OC. The number of hydrogen-bond donors (Lipinski definition) is 0. The molecular weight excluding hydrogens is 606 g/mol. The van der Waals surface area contributed by atoms with Crippen LogP contribution in [0.5, 0.6) is 23.0 Å². The summed E-state index contributed by atoms with van der Waals surface area (Å²) in [5.74, 6) is 3.42. The summed E-state index contributed by atoms with van der Waals surface area (Å²) in [5.41, 5.74) is 2.33. The molecule has 0 radical (unpaired) electrons. The molecule has 6 aromatic carbocycles. The summed E-state index contributed by atoms with van der Waals surface area (Å²) in [7, 11) is 4.77. The van der Waals surface area contributed by atoms with Crippen LogP contribution >= 0.6 is 15.8 Å². The molecule has 4 nitrogen and oxygen atoms in total. The lowest BCUT2D eigenvalue weighted by Crippen LogP contribution is -2.27. The van der Waals surface area contributed by atoms with E-state index in [4.69, 9.17) is 18.9 Å². The van der Waals surface area contributed by atoms with Crippen LogP contribution in [0.4, 0.5) is 0 Å². The minimum Gasteiger partial charge on any atom is -0.496 e. The minimum atomic E-state index is -1.09. The van der Waals surface area contributed by atoms with Crippen LogP contribution in [0.15, 0.2) is 146 Å². The zero-order valence-electron chi connectivity index (χ0n) is 26.4. The highest BCUT2D eigenvalue weighted by atomic mass is 31.1. The van der Waals surface area contributed by atoms with Gasteiger partial charge in [-0.3, -0.25) is 0 Å². The Kier molecular flexibility index (Phi) is 9.99.